The minimum absolute atomic E-state index is 0.0304. The molecule has 0 bridgehead atoms. The number of non-ortho nitro benzene ring substituents is 1. The van der Waals surface area contributed by atoms with Crippen LogP contribution < -0.4 is 10.1 Å². The van der Waals surface area contributed by atoms with E-state index in [9.17, 15) is 23.7 Å². The maximum atomic E-state index is 13.7. The fourth-order valence-electron chi connectivity index (χ4n) is 1.74. The molecule has 0 fully saturated rings. The molecule has 1 atom stereocenters. The van der Waals surface area contributed by atoms with Crippen LogP contribution in [-0.2, 0) is 4.79 Å². The van der Waals surface area contributed by atoms with Crippen LogP contribution in [0.5, 0.6) is 5.75 Å². The van der Waals surface area contributed by atoms with Crippen molar-refractivity contribution in [2.24, 2.45) is 0 Å². The molecule has 2 aromatic carbocycles. The molecular formula is C15H12F2N2O4. The van der Waals surface area contributed by atoms with E-state index in [0.717, 1.165) is 12.1 Å². The number of ether oxygens (including phenoxy) is 1. The highest BCUT2D eigenvalue weighted by Gasteiger charge is 2.19. The molecule has 0 aliphatic heterocycles. The highest BCUT2D eigenvalue weighted by molar-refractivity contribution is 5.94. The zero-order chi connectivity index (χ0) is 17.0. The van der Waals surface area contributed by atoms with Crippen molar-refractivity contribution in [3.8, 4) is 5.75 Å². The molecule has 2 rings (SSSR count). The van der Waals surface area contributed by atoms with Gasteiger partial charge in [-0.15, -0.1) is 0 Å². The first-order valence-corrected chi connectivity index (χ1v) is 6.54. The minimum atomic E-state index is -1.13. The van der Waals surface area contributed by atoms with Gasteiger partial charge in [0.25, 0.3) is 11.6 Å². The molecule has 0 saturated carbocycles. The van der Waals surface area contributed by atoms with Gasteiger partial charge >= 0.3 is 0 Å². The van der Waals surface area contributed by atoms with E-state index in [1.54, 1.807) is 6.07 Å². The van der Waals surface area contributed by atoms with Crippen molar-refractivity contribution in [1.29, 1.82) is 0 Å². The van der Waals surface area contributed by atoms with Gasteiger partial charge in [-0.25, -0.2) is 8.78 Å². The summed E-state index contributed by atoms with van der Waals surface area (Å²) in [5.41, 5.74) is -0.463. The number of halogens is 2. The lowest BCUT2D eigenvalue weighted by molar-refractivity contribution is -0.385. The Bertz CT molecular complexity index is 752. The van der Waals surface area contributed by atoms with Gasteiger partial charge in [-0.3, -0.25) is 14.9 Å². The lowest BCUT2D eigenvalue weighted by Gasteiger charge is -2.15. The Labute approximate surface area is 129 Å². The molecule has 1 amide bonds. The van der Waals surface area contributed by atoms with E-state index >= 15 is 0 Å². The molecule has 6 nitrogen and oxygen atoms in total. The molecule has 2 aromatic rings. The number of rotatable bonds is 5. The largest absolute Gasteiger partial charge is 0.478 e. The average molecular weight is 322 g/mol. The number of para-hydroxylation sites is 1. The number of carbonyl (C=O) groups excluding carboxylic acids is 1. The van der Waals surface area contributed by atoms with E-state index in [0.29, 0.717) is 6.07 Å². The molecule has 1 N–H and O–H groups in total. The Balaban J connectivity index is 2.07. The van der Waals surface area contributed by atoms with Crippen molar-refractivity contribution < 1.29 is 23.2 Å². The van der Waals surface area contributed by atoms with Gasteiger partial charge in [-0.2, -0.15) is 0 Å². The summed E-state index contributed by atoms with van der Waals surface area (Å²) in [6.45, 7) is 1.34. The van der Waals surface area contributed by atoms with E-state index in [-0.39, 0.29) is 11.4 Å². The van der Waals surface area contributed by atoms with Crippen LogP contribution >= 0.6 is 0 Å². The lowest BCUT2D eigenvalue weighted by atomic mass is 10.2. The summed E-state index contributed by atoms with van der Waals surface area (Å²) in [7, 11) is 0. The van der Waals surface area contributed by atoms with Gasteiger partial charge in [0.05, 0.1) is 16.7 Å². The lowest BCUT2D eigenvalue weighted by Crippen LogP contribution is -2.30. The van der Waals surface area contributed by atoms with Crippen molar-refractivity contribution in [2.75, 3.05) is 5.32 Å². The van der Waals surface area contributed by atoms with Crippen LogP contribution in [0.1, 0.15) is 6.92 Å². The number of benzene rings is 2. The third kappa shape index (κ3) is 4.00. The molecule has 1 unspecified atom stereocenters. The molecule has 120 valence electrons. The van der Waals surface area contributed by atoms with Crippen molar-refractivity contribution >= 4 is 17.3 Å². The number of amides is 1. The van der Waals surface area contributed by atoms with Crippen molar-refractivity contribution in [3.63, 3.8) is 0 Å². The van der Waals surface area contributed by atoms with Crippen molar-refractivity contribution in [3.05, 3.63) is 64.2 Å². The Kier molecular flexibility index (Phi) is 4.85. The fourth-order valence-corrected chi connectivity index (χ4v) is 1.74. The summed E-state index contributed by atoms with van der Waals surface area (Å²) in [5, 5.41) is 12.8. The molecule has 8 heteroatoms. The number of hydrogen-bond acceptors (Lipinski definition) is 4. The Morgan fingerprint density at radius 3 is 2.52 bits per heavy atom. The highest BCUT2D eigenvalue weighted by atomic mass is 19.1. The fraction of sp³-hybridized carbons (Fsp3) is 0.133. The number of carbonyl (C=O) groups is 1. The Morgan fingerprint density at radius 1 is 1.22 bits per heavy atom. The number of nitro benzene ring substituents is 1. The van der Waals surface area contributed by atoms with Crippen LogP contribution in [0, 0.1) is 21.7 Å². The number of anilines is 1. The standard InChI is InChI=1S/C15H12F2N2O4/c1-9(15(20)18-13-5-3-2-4-11(13)16)23-14-7-6-10(19(21)22)8-12(14)17/h2-9H,1H3,(H,18,20). The summed E-state index contributed by atoms with van der Waals surface area (Å²) in [5.74, 6) is -2.58. The summed E-state index contributed by atoms with van der Waals surface area (Å²) in [4.78, 5) is 21.7. The minimum Gasteiger partial charge on any atom is -0.478 e. The summed E-state index contributed by atoms with van der Waals surface area (Å²) in [6.07, 6.45) is -1.13. The van der Waals surface area contributed by atoms with Crippen LogP contribution in [0.25, 0.3) is 0 Å². The second-order valence-corrected chi connectivity index (χ2v) is 4.60. The van der Waals surface area contributed by atoms with Crippen LogP contribution in [0.3, 0.4) is 0 Å². The van der Waals surface area contributed by atoms with E-state index in [1.807, 2.05) is 0 Å². The third-order valence-electron chi connectivity index (χ3n) is 2.93. The number of nitrogens with one attached hydrogen (secondary N) is 1. The number of nitro groups is 1. The topological polar surface area (TPSA) is 81.5 Å². The maximum absolute atomic E-state index is 13.7. The van der Waals surface area contributed by atoms with Gasteiger partial charge in [-0.05, 0) is 25.1 Å². The smallest absolute Gasteiger partial charge is 0.272 e. The molecule has 0 aliphatic carbocycles. The molecule has 0 aliphatic rings. The molecule has 0 spiro atoms. The van der Waals surface area contributed by atoms with Gasteiger partial charge in [0.2, 0.25) is 0 Å². The number of nitrogens with zero attached hydrogens (tertiary/aromatic N) is 1. The zero-order valence-corrected chi connectivity index (χ0v) is 12.0. The third-order valence-corrected chi connectivity index (χ3v) is 2.93. The van der Waals surface area contributed by atoms with Gasteiger partial charge in [-0.1, -0.05) is 12.1 Å². The summed E-state index contributed by atoms with van der Waals surface area (Å²) >= 11 is 0. The predicted octanol–water partition coefficient (Wildman–Crippen LogP) is 3.28. The molecule has 0 aromatic heterocycles. The summed E-state index contributed by atoms with van der Waals surface area (Å²) in [6, 6.07) is 8.36. The van der Waals surface area contributed by atoms with Crippen molar-refractivity contribution in [2.45, 2.75) is 13.0 Å². The average Bonchev–Trinajstić information content (AvgIpc) is 2.51. The van der Waals surface area contributed by atoms with Gasteiger partial charge < -0.3 is 10.1 Å². The van der Waals surface area contributed by atoms with Crippen LogP contribution in [0.4, 0.5) is 20.2 Å². The monoisotopic (exact) mass is 322 g/mol. The van der Waals surface area contributed by atoms with E-state index in [2.05, 4.69) is 5.32 Å². The number of hydrogen-bond donors (Lipinski definition) is 1. The molecule has 0 radical (unpaired) electrons. The second-order valence-electron chi connectivity index (χ2n) is 4.60. The zero-order valence-electron chi connectivity index (χ0n) is 12.0. The quantitative estimate of drug-likeness (QED) is 0.676. The molecule has 0 heterocycles. The predicted molar refractivity (Wildman–Crippen MR) is 78.2 cm³/mol. The van der Waals surface area contributed by atoms with E-state index in [4.69, 9.17) is 4.74 Å². The normalized spacial score (nSPS) is 11.6. The van der Waals surface area contributed by atoms with E-state index < -0.39 is 34.3 Å². The SMILES string of the molecule is CC(Oc1ccc([N+](=O)[O-])cc1F)C(=O)Nc1ccccc1F. The molecule has 0 saturated heterocycles. The van der Waals surface area contributed by atoms with E-state index in [1.165, 1.54) is 25.1 Å². The van der Waals surface area contributed by atoms with Gasteiger partial charge in [0.15, 0.2) is 17.7 Å². The van der Waals surface area contributed by atoms with Crippen molar-refractivity contribution in [1.82, 2.24) is 0 Å². The first-order chi connectivity index (χ1) is 10.9. The van der Waals surface area contributed by atoms with Gasteiger partial charge in [0, 0.05) is 6.07 Å². The molecule has 23 heavy (non-hydrogen) atoms. The Hall–Kier alpha value is -3.03. The Morgan fingerprint density at radius 2 is 1.91 bits per heavy atom. The second kappa shape index (κ2) is 6.82. The maximum Gasteiger partial charge on any atom is 0.272 e. The summed E-state index contributed by atoms with van der Waals surface area (Å²) < 4.78 is 32.3. The molecular weight excluding hydrogens is 310 g/mol. The van der Waals surface area contributed by atoms with Crippen LogP contribution in [0.2, 0.25) is 0 Å². The van der Waals surface area contributed by atoms with Crippen LogP contribution in [-0.4, -0.2) is 16.9 Å². The van der Waals surface area contributed by atoms with Gasteiger partial charge in [0.1, 0.15) is 5.82 Å². The van der Waals surface area contributed by atoms with Crippen LogP contribution in [0.15, 0.2) is 42.5 Å². The highest BCUT2D eigenvalue weighted by Crippen LogP contribution is 2.23. The first kappa shape index (κ1) is 16.3. The first-order valence-electron chi connectivity index (χ1n) is 6.54.